The fourth-order valence-corrected chi connectivity index (χ4v) is 4.67. The summed E-state index contributed by atoms with van der Waals surface area (Å²) in [5, 5.41) is 11.9. The molecule has 1 fully saturated rings. The minimum Gasteiger partial charge on any atom is -0.303 e. The summed E-state index contributed by atoms with van der Waals surface area (Å²) in [5.74, 6) is 1.56. The Balaban J connectivity index is 1.52. The molecule has 0 radical (unpaired) electrons. The molecule has 124 valence electrons. The van der Waals surface area contributed by atoms with E-state index in [9.17, 15) is 4.39 Å². The summed E-state index contributed by atoms with van der Waals surface area (Å²) in [6.07, 6.45) is 3.24. The summed E-state index contributed by atoms with van der Waals surface area (Å²) >= 11 is 6.66. The summed E-state index contributed by atoms with van der Waals surface area (Å²) in [7, 11) is 0. The zero-order chi connectivity index (χ0) is 16.5. The standard InChI is InChI=1S/C17H15BrFN3S2/c18-14-8-11(3-6-15(14)19)10-24-17-21-20-16(22(17)12-4-5-12)9-13-2-1-7-23-13/h1-3,6-8,12H,4-5,9-10H2. The smallest absolute Gasteiger partial charge is 0.191 e. The van der Waals surface area contributed by atoms with Crippen LogP contribution in [-0.2, 0) is 12.2 Å². The largest absolute Gasteiger partial charge is 0.303 e. The van der Waals surface area contributed by atoms with Gasteiger partial charge in [0.1, 0.15) is 11.6 Å². The molecule has 0 N–H and O–H groups in total. The van der Waals surface area contributed by atoms with Gasteiger partial charge in [-0.1, -0.05) is 23.9 Å². The Labute approximate surface area is 156 Å². The maximum atomic E-state index is 13.3. The number of rotatable bonds is 6. The molecule has 3 nitrogen and oxygen atoms in total. The molecule has 2 heterocycles. The number of benzene rings is 1. The highest BCUT2D eigenvalue weighted by molar-refractivity contribution is 9.10. The molecule has 1 aromatic carbocycles. The Hall–Kier alpha value is -1.18. The van der Waals surface area contributed by atoms with Gasteiger partial charge in [0, 0.05) is 23.1 Å². The van der Waals surface area contributed by atoms with Gasteiger partial charge in [0.2, 0.25) is 0 Å². The SMILES string of the molecule is Fc1ccc(CSc2nnc(Cc3cccs3)n2C2CC2)cc1Br. The van der Waals surface area contributed by atoms with E-state index in [-0.39, 0.29) is 5.82 Å². The van der Waals surface area contributed by atoms with Gasteiger partial charge in [-0.3, -0.25) is 0 Å². The number of hydrogen-bond acceptors (Lipinski definition) is 4. The third-order valence-electron chi connectivity index (χ3n) is 3.91. The van der Waals surface area contributed by atoms with Gasteiger partial charge in [0.05, 0.1) is 4.47 Å². The molecule has 0 aliphatic heterocycles. The summed E-state index contributed by atoms with van der Waals surface area (Å²) in [5.41, 5.74) is 1.07. The molecule has 4 rings (SSSR count). The summed E-state index contributed by atoms with van der Waals surface area (Å²) in [6.45, 7) is 0. The lowest BCUT2D eigenvalue weighted by Gasteiger charge is -2.08. The first-order valence-corrected chi connectivity index (χ1v) is 10.4. The van der Waals surface area contributed by atoms with Gasteiger partial charge in [-0.25, -0.2) is 4.39 Å². The highest BCUT2D eigenvalue weighted by Crippen LogP contribution is 2.40. The molecule has 1 aliphatic carbocycles. The van der Waals surface area contributed by atoms with Crippen molar-refractivity contribution in [2.24, 2.45) is 0 Å². The van der Waals surface area contributed by atoms with Gasteiger partial charge in [0.15, 0.2) is 5.16 Å². The average Bonchev–Trinajstić information content (AvgIpc) is 3.13. The van der Waals surface area contributed by atoms with Crippen LogP contribution in [-0.4, -0.2) is 14.8 Å². The van der Waals surface area contributed by atoms with E-state index < -0.39 is 0 Å². The van der Waals surface area contributed by atoms with Crippen molar-refractivity contribution in [3.63, 3.8) is 0 Å². The van der Waals surface area contributed by atoms with E-state index in [1.54, 1.807) is 23.1 Å². The van der Waals surface area contributed by atoms with Crippen LogP contribution in [0.4, 0.5) is 4.39 Å². The number of thioether (sulfide) groups is 1. The Morgan fingerprint density at radius 3 is 2.88 bits per heavy atom. The fourth-order valence-electron chi connectivity index (χ4n) is 2.57. The van der Waals surface area contributed by atoms with Gasteiger partial charge in [-0.15, -0.1) is 21.5 Å². The van der Waals surface area contributed by atoms with E-state index in [1.807, 2.05) is 12.1 Å². The second kappa shape index (κ2) is 6.98. The lowest BCUT2D eigenvalue weighted by atomic mass is 10.2. The van der Waals surface area contributed by atoms with E-state index in [0.29, 0.717) is 10.5 Å². The van der Waals surface area contributed by atoms with Crippen molar-refractivity contribution < 1.29 is 4.39 Å². The number of nitrogens with zero attached hydrogens (tertiary/aromatic N) is 3. The highest BCUT2D eigenvalue weighted by Gasteiger charge is 2.29. The van der Waals surface area contributed by atoms with Crippen molar-refractivity contribution in [2.45, 2.75) is 36.2 Å². The van der Waals surface area contributed by atoms with Crippen LogP contribution >= 0.6 is 39.0 Å². The van der Waals surface area contributed by atoms with Crippen LogP contribution < -0.4 is 0 Å². The summed E-state index contributed by atoms with van der Waals surface area (Å²) in [4.78, 5) is 1.31. The van der Waals surface area contributed by atoms with Gasteiger partial charge < -0.3 is 4.57 Å². The van der Waals surface area contributed by atoms with Crippen LogP contribution in [0, 0.1) is 5.82 Å². The van der Waals surface area contributed by atoms with Crippen molar-refractivity contribution in [3.05, 3.63) is 62.3 Å². The van der Waals surface area contributed by atoms with E-state index in [1.165, 1.54) is 23.8 Å². The lowest BCUT2D eigenvalue weighted by Crippen LogP contribution is -2.03. The van der Waals surface area contributed by atoms with E-state index in [4.69, 9.17) is 0 Å². The van der Waals surface area contributed by atoms with Crippen LogP contribution in [0.15, 0.2) is 45.3 Å². The molecule has 1 aliphatic rings. The summed E-state index contributed by atoms with van der Waals surface area (Å²) < 4.78 is 16.1. The second-order valence-corrected chi connectivity index (χ2v) is 8.62. The minimum atomic E-state index is -0.233. The molecule has 24 heavy (non-hydrogen) atoms. The maximum Gasteiger partial charge on any atom is 0.191 e. The quantitative estimate of drug-likeness (QED) is 0.493. The fraction of sp³-hybridized carbons (Fsp3) is 0.294. The second-order valence-electron chi connectivity index (χ2n) is 5.79. The van der Waals surface area contributed by atoms with Crippen LogP contribution in [0.1, 0.15) is 35.1 Å². The lowest BCUT2D eigenvalue weighted by molar-refractivity contribution is 0.620. The monoisotopic (exact) mass is 423 g/mol. The third-order valence-corrected chi connectivity index (χ3v) is 6.41. The Morgan fingerprint density at radius 2 is 2.17 bits per heavy atom. The average molecular weight is 424 g/mol. The van der Waals surface area contributed by atoms with Gasteiger partial charge in [-0.05, 0) is 57.9 Å². The van der Waals surface area contributed by atoms with Crippen LogP contribution in [0.2, 0.25) is 0 Å². The Morgan fingerprint density at radius 1 is 1.29 bits per heavy atom. The minimum absolute atomic E-state index is 0.233. The predicted molar refractivity (Wildman–Crippen MR) is 99.1 cm³/mol. The zero-order valence-electron chi connectivity index (χ0n) is 12.8. The highest BCUT2D eigenvalue weighted by atomic mass is 79.9. The van der Waals surface area contributed by atoms with Gasteiger partial charge in [-0.2, -0.15) is 0 Å². The molecule has 0 bridgehead atoms. The predicted octanol–water partition coefficient (Wildman–Crippen LogP) is 5.46. The van der Waals surface area contributed by atoms with Crippen molar-refractivity contribution in [1.29, 1.82) is 0 Å². The normalized spacial score (nSPS) is 14.2. The number of aromatic nitrogens is 3. The maximum absolute atomic E-state index is 13.3. The first-order chi connectivity index (χ1) is 11.7. The van der Waals surface area contributed by atoms with Gasteiger partial charge in [0.25, 0.3) is 0 Å². The molecule has 0 amide bonds. The molecule has 7 heteroatoms. The van der Waals surface area contributed by atoms with Crippen LogP contribution in [0.25, 0.3) is 0 Å². The first kappa shape index (κ1) is 16.3. The molecule has 0 spiro atoms. The molecule has 0 unspecified atom stereocenters. The molecule has 1 saturated carbocycles. The Kier molecular flexibility index (Phi) is 4.74. The molecule has 0 atom stereocenters. The molecule has 2 aromatic heterocycles. The van der Waals surface area contributed by atoms with E-state index >= 15 is 0 Å². The topological polar surface area (TPSA) is 30.7 Å². The van der Waals surface area contributed by atoms with Crippen LogP contribution in [0.3, 0.4) is 0 Å². The van der Waals surface area contributed by atoms with Crippen LogP contribution in [0.5, 0.6) is 0 Å². The van der Waals surface area contributed by atoms with Crippen molar-refractivity contribution in [3.8, 4) is 0 Å². The van der Waals surface area contributed by atoms with E-state index in [0.717, 1.165) is 28.7 Å². The zero-order valence-corrected chi connectivity index (χ0v) is 16.0. The van der Waals surface area contributed by atoms with Crippen molar-refractivity contribution in [1.82, 2.24) is 14.8 Å². The number of halogens is 2. The van der Waals surface area contributed by atoms with Gasteiger partial charge >= 0.3 is 0 Å². The third kappa shape index (κ3) is 3.58. The molecule has 0 saturated heterocycles. The number of thiophene rings is 1. The first-order valence-electron chi connectivity index (χ1n) is 7.73. The van der Waals surface area contributed by atoms with Crippen molar-refractivity contribution >= 4 is 39.0 Å². The molecular formula is C17H15BrFN3S2. The summed E-state index contributed by atoms with van der Waals surface area (Å²) in [6, 6.07) is 9.88. The molecular weight excluding hydrogens is 409 g/mol. The molecule has 3 aromatic rings. The van der Waals surface area contributed by atoms with E-state index in [2.05, 4.69) is 48.2 Å². The Bertz CT molecular complexity index is 844. The van der Waals surface area contributed by atoms with Crippen molar-refractivity contribution in [2.75, 3.05) is 0 Å². The number of hydrogen-bond donors (Lipinski definition) is 0.